The molecule has 5 heteroatoms. The Bertz CT molecular complexity index is 414. The van der Waals surface area contributed by atoms with Gasteiger partial charge in [0.1, 0.15) is 12.2 Å². The van der Waals surface area contributed by atoms with Crippen LogP contribution in [0.25, 0.3) is 0 Å². The van der Waals surface area contributed by atoms with Gasteiger partial charge in [-0.15, -0.1) is 0 Å². The molecular formula is C14H27N5. The van der Waals surface area contributed by atoms with Crippen molar-refractivity contribution in [3.05, 3.63) is 12.2 Å². The van der Waals surface area contributed by atoms with Crippen molar-refractivity contribution in [1.82, 2.24) is 25.0 Å². The SMILES string of the molecule is CCC1(C)CNC(C(C)C)CN1Cc1ncnn1C. The predicted molar refractivity (Wildman–Crippen MR) is 76.7 cm³/mol. The van der Waals surface area contributed by atoms with Crippen molar-refractivity contribution < 1.29 is 0 Å². The van der Waals surface area contributed by atoms with Crippen LogP contribution in [0.5, 0.6) is 0 Å². The van der Waals surface area contributed by atoms with Crippen LogP contribution in [0.15, 0.2) is 6.33 Å². The highest BCUT2D eigenvalue weighted by molar-refractivity contribution is 4.98. The number of nitrogens with one attached hydrogen (secondary N) is 1. The maximum Gasteiger partial charge on any atom is 0.140 e. The van der Waals surface area contributed by atoms with Crippen LogP contribution in [0.4, 0.5) is 0 Å². The zero-order chi connectivity index (χ0) is 14.0. The van der Waals surface area contributed by atoms with Crippen LogP contribution in [0, 0.1) is 5.92 Å². The number of nitrogens with zero attached hydrogens (tertiary/aromatic N) is 4. The van der Waals surface area contributed by atoms with E-state index in [4.69, 9.17) is 0 Å². The minimum absolute atomic E-state index is 0.206. The monoisotopic (exact) mass is 265 g/mol. The summed E-state index contributed by atoms with van der Waals surface area (Å²) >= 11 is 0. The second kappa shape index (κ2) is 5.59. The predicted octanol–water partition coefficient (Wildman–Crippen LogP) is 1.41. The summed E-state index contributed by atoms with van der Waals surface area (Å²) in [7, 11) is 1.97. The molecule has 0 amide bonds. The minimum Gasteiger partial charge on any atom is -0.311 e. The van der Waals surface area contributed by atoms with Crippen molar-refractivity contribution in [2.75, 3.05) is 13.1 Å². The summed E-state index contributed by atoms with van der Waals surface area (Å²) in [5, 5.41) is 7.87. The van der Waals surface area contributed by atoms with Crippen molar-refractivity contribution in [1.29, 1.82) is 0 Å². The summed E-state index contributed by atoms with van der Waals surface area (Å²) < 4.78 is 1.88. The van der Waals surface area contributed by atoms with E-state index in [2.05, 4.69) is 48.0 Å². The standard InChI is InChI=1S/C14H27N5/c1-6-14(4)9-15-12(11(2)3)7-19(14)8-13-16-10-17-18(13)5/h10-12,15H,6-9H2,1-5H3. The molecule has 0 spiro atoms. The van der Waals surface area contributed by atoms with Crippen molar-refractivity contribution in [3.8, 4) is 0 Å². The summed E-state index contributed by atoms with van der Waals surface area (Å²) in [6.45, 7) is 12.2. The molecule has 1 aromatic rings. The molecule has 1 aromatic heterocycles. The number of aryl methyl sites for hydroxylation is 1. The molecule has 1 fully saturated rings. The van der Waals surface area contributed by atoms with E-state index in [1.807, 2.05) is 11.7 Å². The quantitative estimate of drug-likeness (QED) is 0.894. The molecule has 1 N–H and O–H groups in total. The number of rotatable bonds is 4. The zero-order valence-corrected chi connectivity index (χ0v) is 12.8. The Kier molecular flexibility index (Phi) is 4.26. The summed E-state index contributed by atoms with van der Waals surface area (Å²) in [4.78, 5) is 6.94. The van der Waals surface area contributed by atoms with E-state index in [0.717, 1.165) is 31.9 Å². The molecule has 0 bridgehead atoms. The van der Waals surface area contributed by atoms with Gasteiger partial charge in [0, 0.05) is 31.7 Å². The van der Waals surface area contributed by atoms with Crippen molar-refractivity contribution >= 4 is 0 Å². The molecule has 2 rings (SSSR count). The Labute approximate surface area is 116 Å². The van der Waals surface area contributed by atoms with Gasteiger partial charge in [0.2, 0.25) is 0 Å². The number of hydrogen-bond donors (Lipinski definition) is 1. The second-order valence-electron chi connectivity index (χ2n) is 6.26. The number of hydrogen-bond acceptors (Lipinski definition) is 4. The third-order valence-electron chi connectivity index (χ3n) is 4.63. The molecule has 2 heterocycles. The molecular weight excluding hydrogens is 238 g/mol. The van der Waals surface area contributed by atoms with Crippen molar-refractivity contribution in [2.24, 2.45) is 13.0 Å². The summed E-state index contributed by atoms with van der Waals surface area (Å²) in [6, 6.07) is 0.563. The second-order valence-corrected chi connectivity index (χ2v) is 6.26. The van der Waals surface area contributed by atoms with E-state index in [1.165, 1.54) is 0 Å². The topological polar surface area (TPSA) is 46.0 Å². The average molecular weight is 265 g/mol. The van der Waals surface area contributed by atoms with E-state index in [1.54, 1.807) is 6.33 Å². The Morgan fingerprint density at radius 2 is 2.26 bits per heavy atom. The Hall–Kier alpha value is -0.940. The van der Waals surface area contributed by atoms with Crippen LogP contribution in [-0.4, -0.2) is 44.3 Å². The maximum absolute atomic E-state index is 4.37. The number of aromatic nitrogens is 3. The first kappa shape index (κ1) is 14.5. The Morgan fingerprint density at radius 1 is 1.53 bits per heavy atom. The fourth-order valence-corrected chi connectivity index (χ4v) is 2.67. The summed E-state index contributed by atoms with van der Waals surface area (Å²) in [5.74, 6) is 1.70. The van der Waals surface area contributed by atoms with Gasteiger partial charge in [0.25, 0.3) is 0 Å². The molecule has 1 aliphatic heterocycles. The summed E-state index contributed by atoms with van der Waals surface area (Å²) in [6.07, 6.45) is 2.78. The minimum atomic E-state index is 0.206. The van der Waals surface area contributed by atoms with Gasteiger partial charge in [0.15, 0.2) is 0 Å². The molecule has 0 aliphatic carbocycles. The van der Waals surface area contributed by atoms with E-state index in [0.29, 0.717) is 12.0 Å². The Morgan fingerprint density at radius 3 is 2.79 bits per heavy atom. The molecule has 0 aromatic carbocycles. The van der Waals surface area contributed by atoms with Gasteiger partial charge in [0.05, 0.1) is 6.54 Å². The fourth-order valence-electron chi connectivity index (χ4n) is 2.67. The highest BCUT2D eigenvalue weighted by Gasteiger charge is 2.37. The van der Waals surface area contributed by atoms with Crippen LogP contribution >= 0.6 is 0 Å². The molecule has 2 unspecified atom stereocenters. The highest BCUT2D eigenvalue weighted by atomic mass is 15.4. The maximum atomic E-state index is 4.37. The van der Waals surface area contributed by atoms with E-state index in [9.17, 15) is 0 Å². The molecule has 1 saturated heterocycles. The third-order valence-corrected chi connectivity index (χ3v) is 4.63. The first-order chi connectivity index (χ1) is 8.96. The zero-order valence-electron chi connectivity index (χ0n) is 12.8. The van der Waals surface area contributed by atoms with Gasteiger partial charge in [-0.3, -0.25) is 9.58 Å². The van der Waals surface area contributed by atoms with Crippen LogP contribution in [0.2, 0.25) is 0 Å². The van der Waals surface area contributed by atoms with Crippen LogP contribution < -0.4 is 5.32 Å². The first-order valence-electron chi connectivity index (χ1n) is 7.27. The molecule has 0 radical (unpaired) electrons. The lowest BCUT2D eigenvalue weighted by atomic mass is 9.89. The molecule has 5 nitrogen and oxygen atoms in total. The molecule has 19 heavy (non-hydrogen) atoms. The van der Waals surface area contributed by atoms with Gasteiger partial charge in [-0.2, -0.15) is 5.10 Å². The van der Waals surface area contributed by atoms with Gasteiger partial charge in [-0.1, -0.05) is 20.8 Å². The van der Waals surface area contributed by atoms with E-state index >= 15 is 0 Å². The van der Waals surface area contributed by atoms with Gasteiger partial charge in [-0.05, 0) is 19.3 Å². The van der Waals surface area contributed by atoms with Crippen molar-refractivity contribution in [3.63, 3.8) is 0 Å². The van der Waals surface area contributed by atoms with Crippen molar-refractivity contribution in [2.45, 2.75) is 52.2 Å². The van der Waals surface area contributed by atoms with Crippen LogP contribution in [0.3, 0.4) is 0 Å². The average Bonchev–Trinajstić information content (AvgIpc) is 2.77. The summed E-state index contributed by atoms with van der Waals surface area (Å²) in [5.41, 5.74) is 0.206. The molecule has 1 aliphatic rings. The van der Waals surface area contributed by atoms with Gasteiger partial charge >= 0.3 is 0 Å². The smallest absolute Gasteiger partial charge is 0.140 e. The van der Waals surface area contributed by atoms with Gasteiger partial charge < -0.3 is 5.32 Å². The highest BCUT2D eigenvalue weighted by Crippen LogP contribution is 2.26. The number of piperazine rings is 1. The lowest BCUT2D eigenvalue weighted by Gasteiger charge is -2.48. The third kappa shape index (κ3) is 2.98. The molecule has 0 saturated carbocycles. The normalized spacial score (nSPS) is 29.1. The fraction of sp³-hybridized carbons (Fsp3) is 0.857. The first-order valence-corrected chi connectivity index (χ1v) is 7.27. The lowest BCUT2D eigenvalue weighted by Crippen LogP contribution is -2.63. The van der Waals surface area contributed by atoms with E-state index in [-0.39, 0.29) is 5.54 Å². The van der Waals surface area contributed by atoms with E-state index < -0.39 is 0 Å². The lowest BCUT2D eigenvalue weighted by molar-refractivity contribution is 0.0287. The van der Waals surface area contributed by atoms with Crippen LogP contribution in [-0.2, 0) is 13.6 Å². The molecule has 2 atom stereocenters. The van der Waals surface area contributed by atoms with Gasteiger partial charge in [-0.25, -0.2) is 4.98 Å². The van der Waals surface area contributed by atoms with Crippen LogP contribution in [0.1, 0.15) is 39.9 Å². The molecule has 108 valence electrons. The Balaban J connectivity index is 2.14. The largest absolute Gasteiger partial charge is 0.311 e.